The zero-order chi connectivity index (χ0) is 25.8. The van der Waals surface area contributed by atoms with Crippen molar-refractivity contribution in [2.45, 2.75) is 82.5 Å². The van der Waals surface area contributed by atoms with Gasteiger partial charge < -0.3 is 20.1 Å². The number of carbonyl (C=O) groups is 2. The van der Waals surface area contributed by atoms with Crippen LogP contribution in [0.2, 0.25) is 0 Å². The standard InChI is InChI=1S/C26H34FN5O4/c1-26(2,3)23(32-13-20(29-30-32)14-5-6-14)25(35)31-12-16(33)10-21(31)24(34)28-19-11-17(19)15-7-8-18(27)22(9-15)36-4/h7-9,13-14,16-17,19,21,23,33H,5-6,10-12H2,1-4H3,(H,28,34)/t16-,17+,19-,21+,23-/m1/s1. The van der Waals surface area contributed by atoms with E-state index in [4.69, 9.17) is 4.74 Å². The Morgan fingerprint density at radius 1 is 1.25 bits per heavy atom. The highest BCUT2D eigenvalue weighted by atomic mass is 19.1. The molecule has 1 aliphatic heterocycles. The number of methoxy groups -OCH3 is 1. The van der Waals surface area contributed by atoms with Crippen molar-refractivity contribution in [3.05, 3.63) is 41.5 Å². The highest BCUT2D eigenvalue weighted by Gasteiger charge is 2.47. The van der Waals surface area contributed by atoms with Gasteiger partial charge in [0.05, 0.1) is 18.9 Å². The second-order valence-corrected chi connectivity index (χ2v) is 11.4. The summed E-state index contributed by atoms with van der Waals surface area (Å²) in [5, 5.41) is 22.0. The molecular formula is C26H34FN5O4. The number of carbonyl (C=O) groups excluding carboxylic acids is 2. The Balaban J connectivity index is 1.30. The fraction of sp³-hybridized carbons (Fsp3) is 0.615. The highest BCUT2D eigenvalue weighted by molar-refractivity contribution is 5.90. The number of ether oxygens (including phenoxy) is 1. The summed E-state index contributed by atoms with van der Waals surface area (Å²) in [6.45, 7) is 5.97. The molecule has 0 unspecified atom stereocenters. The molecule has 3 aliphatic rings. The smallest absolute Gasteiger partial charge is 0.248 e. The normalized spacial score (nSPS) is 26.6. The molecule has 3 fully saturated rings. The van der Waals surface area contributed by atoms with E-state index in [2.05, 4.69) is 15.6 Å². The molecule has 2 saturated carbocycles. The molecule has 194 valence electrons. The van der Waals surface area contributed by atoms with Crippen LogP contribution in [0, 0.1) is 11.2 Å². The van der Waals surface area contributed by atoms with Crippen molar-refractivity contribution in [2.24, 2.45) is 5.41 Å². The minimum absolute atomic E-state index is 0.0530. The van der Waals surface area contributed by atoms with Crippen molar-refractivity contribution in [1.29, 1.82) is 0 Å². The van der Waals surface area contributed by atoms with E-state index in [-0.39, 0.29) is 42.5 Å². The quantitative estimate of drug-likeness (QED) is 0.606. The van der Waals surface area contributed by atoms with Crippen molar-refractivity contribution in [2.75, 3.05) is 13.7 Å². The predicted octanol–water partition coefficient (Wildman–Crippen LogP) is 2.52. The van der Waals surface area contributed by atoms with Crippen molar-refractivity contribution in [3.63, 3.8) is 0 Å². The lowest BCUT2D eigenvalue weighted by Crippen LogP contribution is -2.50. The Labute approximate surface area is 210 Å². The van der Waals surface area contributed by atoms with Crippen LogP contribution < -0.4 is 10.1 Å². The molecule has 2 heterocycles. The number of aliphatic hydroxyl groups excluding tert-OH is 1. The highest BCUT2D eigenvalue weighted by Crippen LogP contribution is 2.43. The van der Waals surface area contributed by atoms with E-state index < -0.39 is 29.4 Å². The van der Waals surface area contributed by atoms with E-state index in [1.54, 1.807) is 16.8 Å². The second kappa shape index (κ2) is 9.14. The van der Waals surface area contributed by atoms with Crippen LogP contribution in [0.1, 0.15) is 75.6 Å². The van der Waals surface area contributed by atoms with Gasteiger partial charge in [-0.25, -0.2) is 9.07 Å². The molecule has 0 bridgehead atoms. The Morgan fingerprint density at radius 3 is 2.67 bits per heavy atom. The first-order chi connectivity index (χ1) is 17.1. The van der Waals surface area contributed by atoms with Crippen LogP contribution in [0.4, 0.5) is 4.39 Å². The number of hydrogen-bond acceptors (Lipinski definition) is 6. The number of amides is 2. The van der Waals surface area contributed by atoms with E-state index in [0.29, 0.717) is 5.92 Å². The lowest BCUT2D eigenvalue weighted by Gasteiger charge is -2.34. The van der Waals surface area contributed by atoms with Crippen LogP contribution in [0.5, 0.6) is 5.75 Å². The Hall–Kier alpha value is -3.01. The summed E-state index contributed by atoms with van der Waals surface area (Å²) in [5.74, 6) is -0.326. The third kappa shape index (κ3) is 4.83. The summed E-state index contributed by atoms with van der Waals surface area (Å²) in [6.07, 6.45) is 4.14. The minimum atomic E-state index is -0.778. The summed E-state index contributed by atoms with van der Waals surface area (Å²) in [6, 6.07) is 3.18. The summed E-state index contributed by atoms with van der Waals surface area (Å²) >= 11 is 0. The van der Waals surface area contributed by atoms with Gasteiger partial charge in [0.15, 0.2) is 11.6 Å². The molecule has 2 aromatic rings. The van der Waals surface area contributed by atoms with E-state index in [0.717, 1.165) is 30.5 Å². The van der Waals surface area contributed by atoms with Crippen LogP contribution in [0.25, 0.3) is 0 Å². The van der Waals surface area contributed by atoms with Gasteiger partial charge in [-0.2, -0.15) is 0 Å². The van der Waals surface area contributed by atoms with Crippen LogP contribution in [0.15, 0.2) is 24.4 Å². The lowest BCUT2D eigenvalue weighted by atomic mass is 9.85. The molecule has 0 spiro atoms. The van der Waals surface area contributed by atoms with Crippen LogP contribution in [-0.2, 0) is 9.59 Å². The van der Waals surface area contributed by atoms with Gasteiger partial charge in [-0.1, -0.05) is 32.1 Å². The maximum atomic E-state index is 13.8. The number of nitrogens with one attached hydrogen (secondary N) is 1. The summed E-state index contributed by atoms with van der Waals surface area (Å²) in [4.78, 5) is 28.6. The predicted molar refractivity (Wildman–Crippen MR) is 129 cm³/mol. The Morgan fingerprint density at radius 2 is 2.00 bits per heavy atom. The first kappa shape index (κ1) is 24.7. The zero-order valence-corrected chi connectivity index (χ0v) is 21.1. The molecule has 1 aromatic carbocycles. The number of β-amino-alcohol motifs (C(OH)–C–C–N with tert-alkyl or cyclic N) is 1. The van der Waals surface area contributed by atoms with Gasteiger partial charge in [0.2, 0.25) is 11.8 Å². The van der Waals surface area contributed by atoms with Gasteiger partial charge in [0, 0.05) is 37.0 Å². The van der Waals surface area contributed by atoms with Crippen molar-refractivity contribution in [1.82, 2.24) is 25.2 Å². The fourth-order valence-corrected chi connectivity index (χ4v) is 5.24. The first-order valence-electron chi connectivity index (χ1n) is 12.6. The molecule has 9 nitrogen and oxygen atoms in total. The molecule has 0 radical (unpaired) electrons. The molecule has 2 amide bonds. The SMILES string of the molecule is COc1cc([C@@H]2C[C@H]2NC(=O)[C@@H]2C[C@@H](O)CN2C(=O)[C@@H](n2cc(C3CC3)nn2)C(C)(C)C)ccc1F. The van der Waals surface area contributed by atoms with E-state index >= 15 is 0 Å². The van der Waals surface area contributed by atoms with Gasteiger partial charge in [-0.3, -0.25) is 9.59 Å². The van der Waals surface area contributed by atoms with E-state index in [9.17, 15) is 19.1 Å². The number of likely N-dealkylation sites (tertiary alicyclic amines) is 1. The van der Waals surface area contributed by atoms with E-state index in [1.165, 1.54) is 18.1 Å². The largest absolute Gasteiger partial charge is 0.494 e. The molecule has 5 atom stereocenters. The third-order valence-corrected chi connectivity index (χ3v) is 7.43. The number of nitrogens with zero attached hydrogens (tertiary/aromatic N) is 4. The van der Waals surface area contributed by atoms with Crippen LogP contribution in [0.3, 0.4) is 0 Å². The van der Waals surface area contributed by atoms with Gasteiger partial charge in [-0.05, 0) is 42.4 Å². The van der Waals surface area contributed by atoms with Gasteiger partial charge >= 0.3 is 0 Å². The summed E-state index contributed by atoms with van der Waals surface area (Å²) < 4.78 is 20.5. The Bertz CT molecular complexity index is 1160. The molecule has 1 aromatic heterocycles. The average Bonchev–Trinajstić information content (AvgIpc) is 3.72. The molecular weight excluding hydrogens is 465 g/mol. The average molecular weight is 500 g/mol. The maximum absolute atomic E-state index is 13.8. The molecule has 5 rings (SSSR count). The number of aliphatic hydroxyl groups is 1. The molecule has 2 aliphatic carbocycles. The lowest BCUT2D eigenvalue weighted by molar-refractivity contribution is -0.144. The molecule has 10 heteroatoms. The van der Waals surface area contributed by atoms with E-state index in [1.807, 2.05) is 27.0 Å². The fourth-order valence-electron chi connectivity index (χ4n) is 5.24. The van der Waals surface area contributed by atoms with Gasteiger partial charge in [-0.15, -0.1) is 5.10 Å². The van der Waals surface area contributed by atoms with Crippen molar-refractivity contribution < 1.29 is 23.8 Å². The van der Waals surface area contributed by atoms with Crippen molar-refractivity contribution >= 4 is 11.8 Å². The van der Waals surface area contributed by atoms with Gasteiger partial charge in [0.25, 0.3) is 0 Å². The number of benzene rings is 1. The third-order valence-electron chi connectivity index (χ3n) is 7.43. The number of aromatic nitrogens is 3. The number of rotatable bonds is 7. The van der Waals surface area contributed by atoms with Crippen molar-refractivity contribution in [3.8, 4) is 5.75 Å². The first-order valence-corrected chi connectivity index (χ1v) is 12.6. The second-order valence-electron chi connectivity index (χ2n) is 11.4. The zero-order valence-electron chi connectivity index (χ0n) is 21.1. The Kier molecular flexibility index (Phi) is 6.26. The molecule has 36 heavy (non-hydrogen) atoms. The number of hydrogen-bond donors (Lipinski definition) is 2. The van der Waals surface area contributed by atoms with Gasteiger partial charge in [0.1, 0.15) is 12.1 Å². The molecule has 2 N–H and O–H groups in total. The summed E-state index contributed by atoms with van der Waals surface area (Å²) in [5.41, 5.74) is 1.30. The van der Waals surface area contributed by atoms with Crippen LogP contribution >= 0.6 is 0 Å². The topological polar surface area (TPSA) is 110 Å². The molecule has 1 saturated heterocycles. The monoisotopic (exact) mass is 499 g/mol. The maximum Gasteiger partial charge on any atom is 0.248 e. The minimum Gasteiger partial charge on any atom is -0.494 e. The van der Waals surface area contributed by atoms with Crippen LogP contribution in [-0.4, -0.2) is 68.7 Å². The summed E-state index contributed by atoms with van der Waals surface area (Å²) in [7, 11) is 1.42. The number of halogens is 1.